The van der Waals surface area contributed by atoms with E-state index in [-0.39, 0.29) is 34.8 Å². The zero-order valence-corrected chi connectivity index (χ0v) is 22.9. The van der Waals surface area contributed by atoms with Crippen LogP contribution in [0.2, 0.25) is 0 Å². The van der Waals surface area contributed by atoms with E-state index in [1.54, 1.807) is 6.07 Å². The van der Waals surface area contributed by atoms with Crippen LogP contribution in [0, 0.1) is 17.6 Å². The molecule has 4 rings (SSSR count). The average Bonchev–Trinajstić information content (AvgIpc) is 3.38. The number of hydrazone groups is 1. The van der Waals surface area contributed by atoms with E-state index in [0.717, 1.165) is 24.3 Å². The summed E-state index contributed by atoms with van der Waals surface area (Å²) in [4.78, 5) is 4.91. The molecule has 0 fully saturated rings. The lowest BCUT2D eigenvalue weighted by molar-refractivity contribution is -0.137. The van der Waals surface area contributed by atoms with Gasteiger partial charge in [0.05, 0.1) is 23.7 Å². The molecule has 0 spiro atoms. The fourth-order valence-electron chi connectivity index (χ4n) is 3.78. The minimum Gasteiger partial charge on any atom is -0.359 e. The predicted molar refractivity (Wildman–Crippen MR) is 147 cm³/mol. The number of rotatable bonds is 9. The summed E-state index contributed by atoms with van der Waals surface area (Å²) in [5.74, 6) is -0.624. The van der Waals surface area contributed by atoms with E-state index in [0.29, 0.717) is 22.1 Å². The summed E-state index contributed by atoms with van der Waals surface area (Å²) in [5, 5.41) is 9.53. The highest BCUT2D eigenvalue weighted by molar-refractivity contribution is 7.99. The molecule has 1 aliphatic rings. The summed E-state index contributed by atoms with van der Waals surface area (Å²) in [5.41, 5.74) is 0.197. The fourth-order valence-corrected chi connectivity index (χ4v) is 4.86. The molecule has 0 saturated carbocycles. The zero-order valence-electron chi connectivity index (χ0n) is 22.1. The van der Waals surface area contributed by atoms with Crippen molar-refractivity contribution in [3.8, 4) is 11.3 Å². The van der Waals surface area contributed by atoms with Crippen LogP contribution >= 0.6 is 11.8 Å². The van der Waals surface area contributed by atoms with Gasteiger partial charge in [-0.1, -0.05) is 44.1 Å². The third-order valence-corrected chi connectivity index (χ3v) is 7.60. The molecule has 5 nitrogen and oxygen atoms in total. The highest BCUT2D eigenvalue weighted by Crippen LogP contribution is 2.39. The first-order valence-corrected chi connectivity index (χ1v) is 13.5. The van der Waals surface area contributed by atoms with Crippen molar-refractivity contribution in [1.29, 1.82) is 0 Å². The molecule has 1 aromatic heterocycles. The van der Waals surface area contributed by atoms with Gasteiger partial charge in [0.15, 0.2) is 17.4 Å². The van der Waals surface area contributed by atoms with E-state index < -0.39 is 23.4 Å². The molecule has 40 heavy (non-hydrogen) atoms. The Morgan fingerprint density at radius 1 is 1.18 bits per heavy atom. The van der Waals surface area contributed by atoms with Crippen molar-refractivity contribution in [3.05, 3.63) is 95.0 Å². The number of aliphatic imine (C=N–C) groups is 1. The fraction of sp³-hybridized carbons (Fsp3) is 0.276. The maximum atomic E-state index is 14.2. The third kappa shape index (κ3) is 6.88. The number of thioether (sulfide) groups is 1. The molecule has 1 atom stereocenters. The third-order valence-electron chi connectivity index (χ3n) is 6.27. The number of nitrogens with zero attached hydrogens (tertiary/aromatic N) is 4. The first kappa shape index (κ1) is 29.3. The minimum atomic E-state index is -4.58. The lowest BCUT2D eigenvalue weighted by Crippen LogP contribution is -2.15. The van der Waals surface area contributed by atoms with Crippen molar-refractivity contribution >= 4 is 23.7 Å². The summed E-state index contributed by atoms with van der Waals surface area (Å²) < 4.78 is 75.0. The molecule has 0 bridgehead atoms. The lowest BCUT2D eigenvalue weighted by Gasteiger charge is -2.18. The second kappa shape index (κ2) is 12.2. The van der Waals surface area contributed by atoms with Gasteiger partial charge in [-0.25, -0.2) is 8.78 Å². The zero-order chi connectivity index (χ0) is 29.0. The van der Waals surface area contributed by atoms with Crippen molar-refractivity contribution in [2.45, 2.75) is 44.8 Å². The maximum Gasteiger partial charge on any atom is 0.417 e. The maximum absolute atomic E-state index is 14.2. The van der Waals surface area contributed by atoms with Crippen LogP contribution in [0.25, 0.3) is 11.3 Å². The number of aromatic nitrogens is 1. The second-order valence-corrected chi connectivity index (χ2v) is 10.5. The molecule has 2 aromatic carbocycles. The molecule has 0 amide bonds. The standard InChI is InChI=1S/C29H27F5N4OS/c1-5-17(2)16-40-21-9-10-23(24(12-21)29(32,33)34)26-11-20(39-37-26)14-38-15-27(18(3)13-35-38)36-19(4)22-7-6-8-25(30)28(22)31/h6-13,15,17H,3,5,14,16H2,1-2,4H3. The Kier molecular flexibility index (Phi) is 8.92. The van der Waals surface area contributed by atoms with Crippen LogP contribution in [-0.2, 0) is 12.7 Å². The van der Waals surface area contributed by atoms with E-state index in [9.17, 15) is 22.0 Å². The Hall–Kier alpha value is -3.73. The Bertz CT molecular complexity index is 1490. The van der Waals surface area contributed by atoms with Gasteiger partial charge in [-0.3, -0.25) is 10.0 Å². The van der Waals surface area contributed by atoms with Crippen LogP contribution in [0.5, 0.6) is 0 Å². The van der Waals surface area contributed by atoms with Gasteiger partial charge < -0.3 is 4.52 Å². The van der Waals surface area contributed by atoms with Crippen LogP contribution in [-0.4, -0.2) is 27.8 Å². The number of allylic oxidation sites excluding steroid dienone is 1. The van der Waals surface area contributed by atoms with Gasteiger partial charge in [-0.05, 0) is 37.1 Å². The summed E-state index contributed by atoms with van der Waals surface area (Å²) >= 11 is 1.39. The smallest absolute Gasteiger partial charge is 0.359 e. The van der Waals surface area contributed by atoms with E-state index in [2.05, 4.69) is 28.8 Å². The monoisotopic (exact) mass is 574 g/mol. The number of benzene rings is 2. The average molecular weight is 575 g/mol. The summed E-state index contributed by atoms with van der Waals surface area (Å²) in [6.07, 6.45) is -0.672. The largest absolute Gasteiger partial charge is 0.417 e. The van der Waals surface area contributed by atoms with Crippen molar-refractivity contribution in [2.75, 3.05) is 5.75 Å². The van der Waals surface area contributed by atoms with Crippen molar-refractivity contribution in [2.24, 2.45) is 16.0 Å². The molecule has 1 unspecified atom stereocenters. The van der Waals surface area contributed by atoms with Gasteiger partial charge in [-0.15, -0.1) is 11.8 Å². The number of hydrogen-bond acceptors (Lipinski definition) is 6. The normalized spacial score (nSPS) is 15.0. The quantitative estimate of drug-likeness (QED) is 0.146. The molecule has 3 aromatic rings. The molecule has 0 saturated heterocycles. The molecular weight excluding hydrogens is 547 g/mol. The SMILES string of the molecule is C=C1C=NN(Cc2cc(-c3ccc(SCC(C)CC)cc3C(F)(F)F)no2)C=C1N=C(C)c1cccc(F)c1F. The van der Waals surface area contributed by atoms with Crippen molar-refractivity contribution < 1.29 is 26.5 Å². The van der Waals surface area contributed by atoms with Gasteiger partial charge in [0.2, 0.25) is 0 Å². The van der Waals surface area contributed by atoms with Crippen LogP contribution in [0.15, 0.2) is 86.0 Å². The summed E-state index contributed by atoms with van der Waals surface area (Å²) in [7, 11) is 0. The van der Waals surface area contributed by atoms with Gasteiger partial charge in [0.25, 0.3) is 0 Å². The highest BCUT2D eigenvalue weighted by atomic mass is 32.2. The van der Waals surface area contributed by atoms with Gasteiger partial charge in [0, 0.05) is 39.1 Å². The summed E-state index contributed by atoms with van der Waals surface area (Å²) in [6.45, 7) is 9.55. The number of hydrogen-bond donors (Lipinski definition) is 0. The van der Waals surface area contributed by atoms with Crippen LogP contribution in [0.1, 0.15) is 44.1 Å². The van der Waals surface area contributed by atoms with Gasteiger partial charge >= 0.3 is 6.18 Å². The number of alkyl halides is 3. The highest BCUT2D eigenvalue weighted by Gasteiger charge is 2.35. The topological polar surface area (TPSA) is 54.0 Å². The van der Waals surface area contributed by atoms with Crippen LogP contribution in [0.3, 0.4) is 0 Å². The van der Waals surface area contributed by atoms with E-state index >= 15 is 0 Å². The van der Waals surface area contributed by atoms with Crippen LogP contribution < -0.4 is 0 Å². The molecular formula is C29H27F5N4OS. The molecule has 0 N–H and O–H groups in total. The Balaban J connectivity index is 1.55. The van der Waals surface area contributed by atoms with E-state index in [1.807, 2.05) is 6.92 Å². The summed E-state index contributed by atoms with van der Waals surface area (Å²) in [6, 6.07) is 9.46. The molecule has 210 valence electrons. The van der Waals surface area contributed by atoms with Gasteiger partial charge in [0.1, 0.15) is 12.2 Å². The molecule has 0 aliphatic carbocycles. The Morgan fingerprint density at radius 2 is 1.95 bits per heavy atom. The first-order chi connectivity index (χ1) is 19.0. The lowest BCUT2D eigenvalue weighted by atomic mass is 10.0. The Morgan fingerprint density at radius 3 is 2.67 bits per heavy atom. The predicted octanol–water partition coefficient (Wildman–Crippen LogP) is 8.49. The second-order valence-electron chi connectivity index (χ2n) is 9.39. The van der Waals surface area contributed by atoms with E-state index in [1.165, 1.54) is 60.4 Å². The number of halogens is 5. The van der Waals surface area contributed by atoms with Crippen molar-refractivity contribution in [1.82, 2.24) is 10.2 Å². The molecule has 1 aliphatic heterocycles. The van der Waals surface area contributed by atoms with Gasteiger partial charge in [-0.2, -0.15) is 18.3 Å². The van der Waals surface area contributed by atoms with E-state index in [4.69, 9.17) is 4.52 Å². The first-order valence-electron chi connectivity index (χ1n) is 12.5. The minimum absolute atomic E-state index is 0.00685. The molecule has 0 radical (unpaired) electrons. The Labute approximate surface area is 233 Å². The van der Waals surface area contributed by atoms with Crippen molar-refractivity contribution in [3.63, 3.8) is 0 Å². The van der Waals surface area contributed by atoms with Crippen LogP contribution in [0.4, 0.5) is 22.0 Å². The molecule has 11 heteroatoms. The molecule has 2 heterocycles.